The molecule has 1 amide bonds. The summed E-state index contributed by atoms with van der Waals surface area (Å²) in [6.07, 6.45) is 3.82. The van der Waals surface area contributed by atoms with Gasteiger partial charge in [0.05, 0.1) is 19.9 Å². The molecule has 2 heterocycles. The molecule has 0 radical (unpaired) electrons. The molecule has 0 spiro atoms. The number of likely N-dealkylation sites (tertiary alicyclic amines) is 1. The van der Waals surface area contributed by atoms with Crippen LogP contribution in [0.1, 0.15) is 29.8 Å². The molecule has 1 aliphatic rings. The van der Waals surface area contributed by atoms with E-state index >= 15 is 0 Å². The fourth-order valence-electron chi connectivity index (χ4n) is 3.44. The Labute approximate surface area is 160 Å². The maximum Gasteiger partial charge on any atom is 0.271 e. The number of methoxy groups -OCH3 is 2. The molecule has 0 aliphatic carbocycles. The first kappa shape index (κ1) is 19.2. The monoisotopic (exact) mass is 372 g/mol. The number of nitrogens with one attached hydrogen (secondary N) is 1. The third-order valence-electron chi connectivity index (χ3n) is 4.96. The lowest BCUT2D eigenvalue weighted by Crippen LogP contribution is -2.37. The van der Waals surface area contributed by atoms with Crippen LogP contribution < -0.4 is 14.8 Å². The van der Waals surface area contributed by atoms with Gasteiger partial charge in [-0.15, -0.1) is 0 Å². The smallest absolute Gasteiger partial charge is 0.271 e. The summed E-state index contributed by atoms with van der Waals surface area (Å²) >= 11 is 0. The van der Waals surface area contributed by atoms with E-state index in [1.807, 2.05) is 25.2 Å². The number of carbonyl (C=O) groups is 1. The van der Waals surface area contributed by atoms with Gasteiger partial charge in [-0.25, -0.2) is 0 Å². The largest absolute Gasteiger partial charge is 0.497 e. The van der Waals surface area contributed by atoms with Crippen LogP contribution in [0.2, 0.25) is 0 Å². The molecule has 1 fully saturated rings. The lowest BCUT2D eigenvalue weighted by Gasteiger charge is -2.26. The molecule has 1 aromatic heterocycles. The number of carbonyl (C=O) groups excluding carboxylic acids is 1. The van der Waals surface area contributed by atoms with Crippen molar-refractivity contribution >= 4 is 5.91 Å². The van der Waals surface area contributed by atoms with Crippen molar-refractivity contribution in [1.82, 2.24) is 20.0 Å². The molecule has 2 aromatic rings. The van der Waals surface area contributed by atoms with E-state index in [0.29, 0.717) is 23.7 Å². The second-order valence-corrected chi connectivity index (χ2v) is 6.76. The molecule has 146 valence electrons. The van der Waals surface area contributed by atoms with Crippen LogP contribution in [-0.4, -0.2) is 61.0 Å². The minimum Gasteiger partial charge on any atom is -0.497 e. The number of aryl methyl sites for hydroxylation is 1. The number of hydrogen-bond donors (Lipinski definition) is 1. The summed E-state index contributed by atoms with van der Waals surface area (Å²) in [5, 5.41) is 7.35. The topological polar surface area (TPSA) is 68.6 Å². The summed E-state index contributed by atoms with van der Waals surface area (Å²) in [5.41, 5.74) is 2.08. The number of rotatable bonds is 7. The van der Waals surface area contributed by atoms with Gasteiger partial charge in [-0.05, 0) is 44.1 Å². The number of benzene rings is 1. The van der Waals surface area contributed by atoms with Crippen molar-refractivity contribution in [2.45, 2.75) is 19.3 Å². The molecule has 7 heteroatoms. The molecular formula is C20H28N4O3. The van der Waals surface area contributed by atoms with Crippen LogP contribution >= 0.6 is 0 Å². The number of piperidine rings is 1. The molecule has 27 heavy (non-hydrogen) atoms. The van der Waals surface area contributed by atoms with Crippen LogP contribution in [-0.2, 0) is 7.05 Å². The normalized spacial score (nSPS) is 14.8. The summed E-state index contributed by atoms with van der Waals surface area (Å²) in [7, 11) is 5.05. The first-order valence-corrected chi connectivity index (χ1v) is 9.39. The molecule has 1 saturated heterocycles. The predicted molar refractivity (Wildman–Crippen MR) is 104 cm³/mol. The molecule has 0 bridgehead atoms. The van der Waals surface area contributed by atoms with Gasteiger partial charge in [0.25, 0.3) is 5.91 Å². The van der Waals surface area contributed by atoms with Crippen LogP contribution in [0.5, 0.6) is 11.5 Å². The highest BCUT2D eigenvalue weighted by Gasteiger charge is 2.17. The fraction of sp³-hybridized carbons (Fsp3) is 0.500. The standard InChI is InChI=1S/C20H28N4O3/c1-23-18(16-8-7-15(26-2)13-19(16)27-3)14-17(22-23)20(25)21-9-12-24-10-5-4-6-11-24/h7-8,13-14H,4-6,9-12H2,1-3H3,(H,21,25). The maximum absolute atomic E-state index is 12.5. The summed E-state index contributed by atoms with van der Waals surface area (Å²) in [5.74, 6) is 1.24. The molecule has 0 atom stereocenters. The Bertz CT molecular complexity index is 782. The molecule has 3 rings (SSSR count). The Morgan fingerprint density at radius 1 is 1.15 bits per heavy atom. The first-order valence-electron chi connectivity index (χ1n) is 9.39. The zero-order valence-electron chi connectivity index (χ0n) is 16.3. The van der Waals surface area contributed by atoms with Gasteiger partial charge in [0.15, 0.2) is 5.69 Å². The van der Waals surface area contributed by atoms with Crippen molar-refractivity contribution in [3.8, 4) is 22.8 Å². The van der Waals surface area contributed by atoms with E-state index in [2.05, 4.69) is 15.3 Å². The van der Waals surface area contributed by atoms with Gasteiger partial charge in [-0.2, -0.15) is 5.10 Å². The van der Waals surface area contributed by atoms with Gasteiger partial charge >= 0.3 is 0 Å². The Morgan fingerprint density at radius 2 is 1.93 bits per heavy atom. The Balaban J connectivity index is 1.67. The molecule has 0 saturated carbocycles. The van der Waals surface area contributed by atoms with E-state index in [4.69, 9.17) is 9.47 Å². The fourth-order valence-corrected chi connectivity index (χ4v) is 3.44. The van der Waals surface area contributed by atoms with E-state index in [-0.39, 0.29) is 5.91 Å². The number of amides is 1. The zero-order valence-corrected chi connectivity index (χ0v) is 16.3. The Morgan fingerprint density at radius 3 is 2.63 bits per heavy atom. The van der Waals surface area contributed by atoms with Crippen molar-refractivity contribution < 1.29 is 14.3 Å². The van der Waals surface area contributed by atoms with E-state index in [1.54, 1.807) is 25.0 Å². The van der Waals surface area contributed by atoms with Crippen molar-refractivity contribution in [3.63, 3.8) is 0 Å². The minimum atomic E-state index is -0.152. The quantitative estimate of drug-likeness (QED) is 0.808. The third kappa shape index (κ3) is 4.60. The number of ether oxygens (including phenoxy) is 2. The first-order chi connectivity index (χ1) is 13.1. The molecule has 1 aromatic carbocycles. The van der Waals surface area contributed by atoms with Crippen molar-refractivity contribution in [1.29, 1.82) is 0 Å². The SMILES string of the molecule is COc1ccc(-c2cc(C(=O)NCCN3CCCCC3)nn2C)c(OC)c1. The van der Waals surface area contributed by atoms with E-state index in [9.17, 15) is 4.79 Å². The van der Waals surface area contributed by atoms with Crippen molar-refractivity contribution in [2.75, 3.05) is 40.4 Å². The van der Waals surface area contributed by atoms with Crippen LogP contribution in [0.15, 0.2) is 24.3 Å². The number of aromatic nitrogens is 2. The van der Waals surface area contributed by atoms with Gasteiger partial charge in [0.2, 0.25) is 0 Å². The van der Waals surface area contributed by atoms with Gasteiger partial charge in [-0.1, -0.05) is 6.42 Å². The molecular weight excluding hydrogens is 344 g/mol. The van der Waals surface area contributed by atoms with E-state index in [0.717, 1.165) is 30.9 Å². The zero-order chi connectivity index (χ0) is 19.2. The van der Waals surface area contributed by atoms with Crippen molar-refractivity contribution in [3.05, 3.63) is 30.0 Å². The van der Waals surface area contributed by atoms with Gasteiger partial charge in [-0.3, -0.25) is 9.48 Å². The van der Waals surface area contributed by atoms with E-state index < -0.39 is 0 Å². The number of nitrogens with zero attached hydrogens (tertiary/aromatic N) is 3. The molecule has 7 nitrogen and oxygen atoms in total. The van der Waals surface area contributed by atoms with Gasteiger partial charge in [0.1, 0.15) is 11.5 Å². The lowest BCUT2D eigenvalue weighted by molar-refractivity contribution is 0.0941. The number of hydrogen-bond acceptors (Lipinski definition) is 5. The van der Waals surface area contributed by atoms with E-state index in [1.165, 1.54) is 19.3 Å². The highest BCUT2D eigenvalue weighted by atomic mass is 16.5. The Kier molecular flexibility index (Phi) is 6.34. The molecule has 0 unspecified atom stereocenters. The minimum absolute atomic E-state index is 0.152. The molecule has 1 N–H and O–H groups in total. The average Bonchev–Trinajstić information content (AvgIpc) is 3.09. The lowest BCUT2D eigenvalue weighted by atomic mass is 10.1. The predicted octanol–water partition coefficient (Wildman–Crippen LogP) is 2.32. The summed E-state index contributed by atoms with van der Waals surface area (Å²) in [4.78, 5) is 14.9. The van der Waals surface area contributed by atoms with Crippen LogP contribution in [0.4, 0.5) is 0 Å². The highest BCUT2D eigenvalue weighted by Crippen LogP contribution is 2.33. The van der Waals surface area contributed by atoms with Gasteiger partial charge < -0.3 is 19.7 Å². The summed E-state index contributed by atoms with van der Waals surface area (Å²) < 4.78 is 12.4. The summed E-state index contributed by atoms with van der Waals surface area (Å²) in [6, 6.07) is 7.39. The Hall–Kier alpha value is -2.54. The molecule has 1 aliphatic heterocycles. The summed E-state index contributed by atoms with van der Waals surface area (Å²) in [6.45, 7) is 3.77. The van der Waals surface area contributed by atoms with Gasteiger partial charge in [0, 0.05) is 31.8 Å². The second-order valence-electron chi connectivity index (χ2n) is 6.76. The van der Waals surface area contributed by atoms with Crippen molar-refractivity contribution in [2.24, 2.45) is 7.05 Å². The maximum atomic E-state index is 12.5. The second kappa shape index (κ2) is 8.90. The van der Waals surface area contributed by atoms with Crippen LogP contribution in [0.25, 0.3) is 11.3 Å². The van der Waals surface area contributed by atoms with Crippen LogP contribution in [0, 0.1) is 0 Å². The van der Waals surface area contributed by atoms with Crippen LogP contribution in [0.3, 0.4) is 0 Å². The average molecular weight is 372 g/mol. The highest BCUT2D eigenvalue weighted by molar-refractivity contribution is 5.93. The third-order valence-corrected chi connectivity index (χ3v) is 4.96.